The molecule has 0 fully saturated rings. The first-order valence-corrected chi connectivity index (χ1v) is 6.87. The van der Waals surface area contributed by atoms with Crippen LogP contribution in [-0.4, -0.2) is 16.6 Å². The van der Waals surface area contributed by atoms with Crippen LogP contribution in [0.5, 0.6) is 0 Å². The molecule has 0 atom stereocenters. The van der Waals surface area contributed by atoms with Gasteiger partial charge in [-0.15, -0.1) is 22.9 Å². The number of carbonyl (C=O) groups excluding carboxylic acids is 1. The highest BCUT2D eigenvalue weighted by molar-refractivity contribution is 7.09. The third-order valence-electron chi connectivity index (χ3n) is 2.33. The van der Waals surface area contributed by atoms with Gasteiger partial charge in [0.1, 0.15) is 11.5 Å². The zero-order valence-electron chi connectivity index (χ0n) is 9.12. The van der Waals surface area contributed by atoms with Crippen molar-refractivity contribution < 1.29 is 9.18 Å². The van der Waals surface area contributed by atoms with E-state index in [9.17, 15) is 9.18 Å². The first-order valence-electron chi connectivity index (χ1n) is 5.08. The second-order valence-electron chi connectivity index (χ2n) is 3.57. The fourth-order valence-corrected chi connectivity index (χ4v) is 2.59. The molecule has 0 aliphatic heterocycles. The number of alkyl halides is 1. The quantitative estimate of drug-likeness (QED) is 0.632. The van der Waals surface area contributed by atoms with Crippen LogP contribution < -0.4 is 0 Å². The lowest BCUT2D eigenvalue weighted by Gasteiger charge is -2.01. The maximum absolute atomic E-state index is 13.7. The Hall–Kier alpha value is -0.970. The second-order valence-corrected chi connectivity index (χ2v) is 5.19. The molecule has 0 amide bonds. The number of nitrogens with zero attached hydrogens (tertiary/aromatic N) is 1. The molecule has 0 unspecified atom stereocenters. The molecule has 0 N–H and O–H groups in total. The van der Waals surface area contributed by atoms with E-state index in [0.29, 0.717) is 22.7 Å². The third kappa shape index (κ3) is 2.88. The molecule has 18 heavy (non-hydrogen) atoms. The Morgan fingerprint density at radius 3 is 2.94 bits per heavy atom. The molecular formula is C12H8Cl2FNOS. The lowest BCUT2D eigenvalue weighted by atomic mass is 10.1. The monoisotopic (exact) mass is 303 g/mol. The van der Waals surface area contributed by atoms with Gasteiger partial charge in [0.2, 0.25) is 0 Å². The number of halogens is 3. The summed E-state index contributed by atoms with van der Waals surface area (Å²) < 4.78 is 13.7. The summed E-state index contributed by atoms with van der Waals surface area (Å²) in [6.45, 7) is 0. The molecule has 0 saturated heterocycles. The van der Waals surface area contributed by atoms with Gasteiger partial charge in [0.05, 0.1) is 15.9 Å². The van der Waals surface area contributed by atoms with Crippen molar-refractivity contribution >= 4 is 40.3 Å². The Labute approximate surface area is 117 Å². The van der Waals surface area contributed by atoms with Gasteiger partial charge in [-0.25, -0.2) is 9.37 Å². The van der Waals surface area contributed by atoms with Crippen molar-refractivity contribution in [2.75, 3.05) is 5.88 Å². The number of ketones is 1. The molecule has 1 aromatic heterocycles. The van der Waals surface area contributed by atoms with E-state index in [2.05, 4.69) is 4.98 Å². The lowest BCUT2D eigenvalue weighted by Crippen LogP contribution is -2.01. The van der Waals surface area contributed by atoms with Crippen molar-refractivity contribution in [2.24, 2.45) is 0 Å². The first-order chi connectivity index (χ1) is 8.61. The van der Waals surface area contributed by atoms with Crippen LogP contribution in [0.2, 0.25) is 5.02 Å². The van der Waals surface area contributed by atoms with Crippen molar-refractivity contribution in [3.63, 3.8) is 0 Å². The Balaban J connectivity index is 2.21. The van der Waals surface area contributed by atoms with E-state index in [4.69, 9.17) is 23.2 Å². The summed E-state index contributed by atoms with van der Waals surface area (Å²) in [5, 5.41) is 2.37. The van der Waals surface area contributed by atoms with E-state index >= 15 is 0 Å². The van der Waals surface area contributed by atoms with Gasteiger partial charge in [-0.3, -0.25) is 4.79 Å². The van der Waals surface area contributed by atoms with Gasteiger partial charge < -0.3 is 0 Å². The van der Waals surface area contributed by atoms with Gasteiger partial charge in [-0.05, 0) is 11.6 Å². The van der Waals surface area contributed by atoms with Gasteiger partial charge in [-0.2, -0.15) is 0 Å². The summed E-state index contributed by atoms with van der Waals surface area (Å²) in [6.07, 6.45) is 0.312. The largest absolute Gasteiger partial charge is 0.291 e. The van der Waals surface area contributed by atoms with Crippen LogP contribution in [0.25, 0.3) is 0 Å². The summed E-state index contributed by atoms with van der Waals surface area (Å²) in [6, 6.07) is 4.82. The number of hydrogen-bond acceptors (Lipinski definition) is 3. The minimum absolute atomic E-state index is 0.0844. The summed E-state index contributed by atoms with van der Waals surface area (Å²) in [5.74, 6) is -0.778. The SMILES string of the molecule is O=C(CCl)c1csc(Cc2cccc(Cl)c2F)n1. The predicted molar refractivity (Wildman–Crippen MR) is 71.4 cm³/mol. The molecular weight excluding hydrogens is 296 g/mol. The summed E-state index contributed by atoms with van der Waals surface area (Å²) in [5.41, 5.74) is 0.786. The molecule has 0 aliphatic carbocycles. The van der Waals surface area contributed by atoms with E-state index in [-0.39, 0.29) is 16.7 Å². The van der Waals surface area contributed by atoms with Crippen LogP contribution in [0, 0.1) is 5.82 Å². The molecule has 6 heteroatoms. The number of hydrogen-bond donors (Lipinski definition) is 0. The van der Waals surface area contributed by atoms with Crippen molar-refractivity contribution in [3.8, 4) is 0 Å². The van der Waals surface area contributed by atoms with Crippen LogP contribution >= 0.6 is 34.5 Å². The van der Waals surface area contributed by atoms with Crippen molar-refractivity contribution in [1.82, 2.24) is 4.98 Å². The van der Waals surface area contributed by atoms with Crippen LogP contribution in [-0.2, 0) is 6.42 Å². The number of carbonyl (C=O) groups is 1. The minimum Gasteiger partial charge on any atom is -0.291 e. The molecule has 0 saturated carbocycles. The van der Waals surface area contributed by atoms with Gasteiger partial charge in [0.15, 0.2) is 5.78 Å². The average molecular weight is 304 g/mol. The molecule has 0 bridgehead atoms. The highest BCUT2D eigenvalue weighted by Gasteiger charge is 2.12. The van der Waals surface area contributed by atoms with Gasteiger partial charge in [0, 0.05) is 11.8 Å². The van der Waals surface area contributed by atoms with E-state index in [1.807, 2.05) is 0 Å². The topological polar surface area (TPSA) is 30.0 Å². The number of Topliss-reactive ketones (excluding diaryl/α,β-unsaturated/α-hetero) is 1. The van der Waals surface area contributed by atoms with Crippen LogP contribution in [0.4, 0.5) is 4.39 Å². The lowest BCUT2D eigenvalue weighted by molar-refractivity contribution is 0.101. The molecule has 0 aliphatic rings. The van der Waals surface area contributed by atoms with Crippen molar-refractivity contribution in [3.05, 3.63) is 50.7 Å². The fraction of sp³-hybridized carbons (Fsp3) is 0.167. The highest BCUT2D eigenvalue weighted by atomic mass is 35.5. The summed E-state index contributed by atoms with van der Waals surface area (Å²) >= 11 is 12.4. The first kappa shape index (κ1) is 13.5. The number of aromatic nitrogens is 1. The normalized spacial score (nSPS) is 10.6. The maximum Gasteiger partial charge on any atom is 0.196 e. The summed E-state index contributed by atoms with van der Waals surface area (Å²) in [7, 11) is 0. The molecule has 1 heterocycles. The Kier molecular flexibility index (Phi) is 4.32. The van der Waals surface area contributed by atoms with E-state index in [0.717, 1.165) is 0 Å². The van der Waals surface area contributed by atoms with Gasteiger partial charge in [0.25, 0.3) is 0 Å². The van der Waals surface area contributed by atoms with E-state index in [1.54, 1.807) is 17.5 Å². The molecule has 1 aromatic carbocycles. The Morgan fingerprint density at radius 1 is 1.44 bits per heavy atom. The van der Waals surface area contributed by atoms with Crippen molar-refractivity contribution in [1.29, 1.82) is 0 Å². The molecule has 2 aromatic rings. The molecule has 94 valence electrons. The van der Waals surface area contributed by atoms with Gasteiger partial charge in [-0.1, -0.05) is 23.7 Å². The minimum atomic E-state index is -0.445. The smallest absolute Gasteiger partial charge is 0.196 e. The van der Waals surface area contributed by atoms with E-state index < -0.39 is 5.82 Å². The third-order valence-corrected chi connectivity index (χ3v) is 3.72. The standard InChI is InChI=1S/C12H8Cl2FNOS/c13-5-10(17)9-6-18-11(16-9)4-7-2-1-3-8(14)12(7)15/h1-3,6H,4-5H2. The van der Waals surface area contributed by atoms with Crippen LogP contribution in [0.1, 0.15) is 21.1 Å². The van der Waals surface area contributed by atoms with Gasteiger partial charge >= 0.3 is 0 Å². The molecule has 0 spiro atoms. The van der Waals surface area contributed by atoms with E-state index in [1.165, 1.54) is 17.4 Å². The Bertz CT molecular complexity index is 585. The van der Waals surface area contributed by atoms with Crippen LogP contribution in [0.3, 0.4) is 0 Å². The van der Waals surface area contributed by atoms with Crippen LogP contribution in [0.15, 0.2) is 23.6 Å². The number of benzene rings is 1. The Morgan fingerprint density at radius 2 is 2.22 bits per heavy atom. The number of rotatable bonds is 4. The molecule has 2 rings (SSSR count). The fourth-order valence-electron chi connectivity index (χ4n) is 1.44. The second kappa shape index (κ2) is 5.78. The maximum atomic E-state index is 13.7. The predicted octanol–water partition coefficient (Wildman–Crippen LogP) is 3.95. The summed E-state index contributed by atoms with van der Waals surface area (Å²) in [4.78, 5) is 15.4. The molecule has 2 nitrogen and oxygen atoms in total. The number of thiazole rings is 1. The zero-order valence-corrected chi connectivity index (χ0v) is 11.4. The molecule has 0 radical (unpaired) electrons. The van der Waals surface area contributed by atoms with Crippen molar-refractivity contribution in [2.45, 2.75) is 6.42 Å². The average Bonchev–Trinajstić information content (AvgIpc) is 2.82. The zero-order chi connectivity index (χ0) is 13.1. The highest BCUT2D eigenvalue weighted by Crippen LogP contribution is 2.22.